The second-order valence-electron chi connectivity index (χ2n) is 5.90. The third-order valence-electron chi connectivity index (χ3n) is 4.15. The van der Waals surface area contributed by atoms with Crippen LogP contribution in [0.1, 0.15) is 12.0 Å². The smallest absolute Gasteiger partial charge is 0.257 e. The number of nitrogens with one attached hydrogen (secondary N) is 1. The van der Waals surface area contributed by atoms with E-state index < -0.39 is 0 Å². The highest BCUT2D eigenvalue weighted by Gasteiger charge is 2.22. The summed E-state index contributed by atoms with van der Waals surface area (Å²) in [6, 6.07) is 5.44. The molecule has 1 aliphatic heterocycles. The van der Waals surface area contributed by atoms with Crippen LogP contribution in [0.15, 0.2) is 18.2 Å². The van der Waals surface area contributed by atoms with E-state index >= 15 is 0 Å². The number of hydrogen-bond acceptors (Lipinski definition) is 4. The van der Waals surface area contributed by atoms with Crippen molar-refractivity contribution in [2.75, 3.05) is 46.5 Å². The highest BCUT2D eigenvalue weighted by Crippen LogP contribution is 2.24. The fraction of sp³-hybridized carbons (Fsp3) is 0.588. The molecule has 1 atom stereocenters. The van der Waals surface area contributed by atoms with Gasteiger partial charge in [0.1, 0.15) is 5.75 Å². The molecule has 0 bridgehead atoms. The number of rotatable bonds is 8. The van der Waals surface area contributed by atoms with Gasteiger partial charge in [-0.25, -0.2) is 0 Å². The average molecular weight is 341 g/mol. The lowest BCUT2D eigenvalue weighted by Gasteiger charge is -2.16. The van der Waals surface area contributed by atoms with Crippen molar-refractivity contribution in [2.45, 2.75) is 13.3 Å². The fourth-order valence-electron chi connectivity index (χ4n) is 2.70. The molecule has 23 heavy (non-hydrogen) atoms. The number of carbonyl (C=O) groups is 1. The maximum absolute atomic E-state index is 11.9. The van der Waals surface area contributed by atoms with Crippen molar-refractivity contribution in [1.29, 1.82) is 0 Å². The first kappa shape index (κ1) is 18.0. The molecule has 1 saturated heterocycles. The van der Waals surface area contributed by atoms with Crippen molar-refractivity contribution in [2.24, 2.45) is 5.92 Å². The largest absolute Gasteiger partial charge is 0.483 e. The van der Waals surface area contributed by atoms with Gasteiger partial charge in [-0.1, -0.05) is 17.7 Å². The summed E-state index contributed by atoms with van der Waals surface area (Å²) in [4.78, 5) is 14.3. The Morgan fingerprint density at radius 1 is 1.48 bits per heavy atom. The maximum atomic E-state index is 11.9. The number of benzene rings is 1. The van der Waals surface area contributed by atoms with Crippen LogP contribution in [0.25, 0.3) is 0 Å². The van der Waals surface area contributed by atoms with E-state index in [1.165, 1.54) is 0 Å². The van der Waals surface area contributed by atoms with Gasteiger partial charge in [0.2, 0.25) is 0 Å². The summed E-state index contributed by atoms with van der Waals surface area (Å²) in [6.07, 6.45) is 1.11. The molecule has 0 aromatic heterocycles. The standard InChI is InChI=1S/C17H25ClN2O3/c1-13-15(18)4-3-5-16(13)23-12-17(21)19-10-14-6-7-20(11-14)8-9-22-2/h3-5,14H,6-12H2,1-2H3,(H,19,21)/t14-/m1/s1. The number of hydrogen-bond donors (Lipinski definition) is 1. The molecule has 1 N–H and O–H groups in total. The molecule has 1 fully saturated rings. The predicted octanol–water partition coefficient (Wildman–Crippen LogP) is 2.11. The summed E-state index contributed by atoms with van der Waals surface area (Å²) in [5.74, 6) is 1.06. The van der Waals surface area contributed by atoms with Crippen molar-refractivity contribution in [3.05, 3.63) is 28.8 Å². The van der Waals surface area contributed by atoms with Crippen molar-refractivity contribution < 1.29 is 14.3 Å². The quantitative estimate of drug-likeness (QED) is 0.787. The van der Waals surface area contributed by atoms with E-state index in [4.69, 9.17) is 21.1 Å². The fourth-order valence-corrected chi connectivity index (χ4v) is 2.87. The lowest BCUT2D eigenvalue weighted by Crippen LogP contribution is -2.34. The molecular formula is C17H25ClN2O3. The lowest BCUT2D eigenvalue weighted by molar-refractivity contribution is -0.123. The van der Waals surface area contributed by atoms with Crippen LogP contribution in [-0.2, 0) is 9.53 Å². The molecule has 0 aliphatic carbocycles. The van der Waals surface area contributed by atoms with Crippen molar-refractivity contribution in [3.8, 4) is 5.75 Å². The lowest BCUT2D eigenvalue weighted by atomic mass is 10.1. The van der Waals surface area contributed by atoms with E-state index in [1.807, 2.05) is 19.1 Å². The number of halogens is 1. The Morgan fingerprint density at radius 2 is 2.30 bits per heavy atom. The topological polar surface area (TPSA) is 50.8 Å². The first-order chi connectivity index (χ1) is 11.1. The summed E-state index contributed by atoms with van der Waals surface area (Å²) in [6.45, 7) is 6.38. The van der Waals surface area contributed by atoms with Gasteiger partial charge in [0.15, 0.2) is 6.61 Å². The third kappa shape index (κ3) is 5.68. The van der Waals surface area contributed by atoms with Gasteiger partial charge in [0, 0.05) is 37.3 Å². The summed E-state index contributed by atoms with van der Waals surface area (Å²) in [7, 11) is 1.72. The first-order valence-electron chi connectivity index (χ1n) is 7.96. The van der Waals surface area contributed by atoms with Gasteiger partial charge in [0.25, 0.3) is 5.91 Å². The molecule has 0 radical (unpaired) electrons. The van der Waals surface area contributed by atoms with Crippen LogP contribution >= 0.6 is 11.6 Å². The van der Waals surface area contributed by atoms with Gasteiger partial charge in [-0.05, 0) is 37.9 Å². The molecule has 0 unspecified atom stereocenters. The number of nitrogens with zero attached hydrogens (tertiary/aromatic N) is 1. The molecule has 6 heteroatoms. The summed E-state index contributed by atoms with van der Waals surface area (Å²) in [5, 5.41) is 3.59. The molecular weight excluding hydrogens is 316 g/mol. The Labute approximate surface area is 142 Å². The molecule has 5 nitrogen and oxygen atoms in total. The Morgan fingerprint density at radius 3 is 3.09 bits per heavy atom. The summed E-state index contributed by atoms with van der Waals surface area (Å²) in [5.41, 5.74) is 0.853. The Balaban J connectivity index is 1.67. The van der Waals surface area contributed by atoms with Crippen molar-refractivity contribution in [1.82, 2.24) is 10.2 Å². The second-order valence-corrected chi connectivity index (χ2v) is 6.31. The molecule has 1 aromatic carbocycles. The molecule has 1 aliphatic rings. The normalized spacial score (nSPS) is 18.1. The monoisotopic (exact) mass is 340 g/mol. The molecule has 1 aromatic rings. The highest BCUT2D eigenvalue weighted by atomic mass is 35.5. The van der Waals surface area contributed by atoms with Crippen LogP contribution in [0.2, 0.25) is 5.02 Å². The predicted molar refractivity (Wildman–Crippen MR) is 91.1 cm³/mol. The van der Waals surface area contributed by atoms with E-state index in [2.05, 4.69) is 10.2 Å². The van der Waals surface area contributed by atoms with Crippen LogP contribution in [0.5, 0.6) is 5.75 Å². The van der Waals surface area contributed by atoms with Gasteiger partial charge >= 0.3 is 0 Å². The van der Waals surface area contributed by atoms with Crippen molar-refractivity contribution in [3.63, 3.8) is 0 Å². The van der Waals surface area contributed by atoms with E-state index in [0.29, 0.717) is 23.2 Å². The third-order valence-corrected chi connectivity index (χ3v) is 4.56. The van der Waals surface area contributed by atoms with E-state index in [0.717, 1.165) is 38.2 Å². The highest BCUT2D eigenvalue weighted by molar-refractivity contribution is 6.31. The van der Waals surface area contributed by atoms with E-state index in [1.54, 1.807) is 13.2 Å². The number of amides is 1. The van der Waals surface area contributed by atoms with Crippen LogP contribution in [0, 0.1) is 12.8 Å². The minimum absolute atomic E-state index is 0.0152. The Hall–Kier alpha value is -1.30. The van der Waals surface area contributed by atoms with Gasteiger partial charge < -0.3 is 19.7 Å². The molecule has 1 heterocycles. The van der Waals surface area contributed by atoms with Crippen LogP contribution in [0.4, 0.5) is 0 Å². The van der Waals surface area contributed by atoms with Crippen LogP contribution < -0.4 is 10.1 Å². The van der Waals surface area contributed by atoms with E-state index in [9.17, 15) is 4.79 Å². The van der Waals surface area contributed by atoms with Crippen molar-refractivity contribution >= 4 is 17.5 Å². The Bertz CT molecular complexity index is 525. The number of likely N-dealkylation sites (tertiary alicyclic amines) is 1. The molecule has 2 rings (SSSR count). The molecule has 1 amide bonds. The van der Waals surface area contributed by atoms with Gasteiger partial charge in [-0.15, -0.1) is 0 Å². The SMILES string of the molecule is COCCN1CC[C@H](CNC(=O)COc2cccc(Cl)c2C)C1. The zero-order valence-corrected chi connectivity index (χ0v) is 14.6. The van der Waals surface area contributed by atoms with E-state index in [-0.39, 0.29) is 12.5 Å². The summed E-state index contributed by atoms with van der Waals surface area (Å²) < 4.78 is 10.6. The molecule has 128 valence electrons. The van der Waals surface area contributed by atoms with Crippen LogP contribution in [0.3, 0.4) is 0 Å². The molecule has 0 saturated carbocycles. The average Bonchev–Trinajstić information content (AvgIpc) is 3.00. The second kappa shape index (κ2) is 9.11. The van der Waals surface area contributed by atoms with Gasteiger partial charge in [-0.3, -0.25) is 4.79 Å². The number of ether oxygens (including phenoxy) is 2. The summed E-state index contributed by atoms with van der Waals surface area (Å²) >= 11 is 6.03. The van der Waals surface area contributed by atoms with Crippen LogP contribution in [-0.4, -0.2) is 57.3 Å². The minimum Gasteiger partial charge on any atom is -0.483 e. The number of carbonyl (C=O) groups excluding carboxylic acids is 1. The molecule has 0 spiro atoms. The minimum atomic E-state index is -0.0975. The number of methoxy groups -OCH3 is 1. The van der Waals surface area contributed by atoms with Gasteiger partial charge in [0.05, 0.1) is 6.61 Å². The maximum Gasteiger partial charge on any atom is 0.257 e. The van der Waals surface area contributed by atoms with Gasteiger partial charge in [-0.2, -0.15) is 0 Å². The zero-order valence-electron chi connectivity index (χ0n) is 13.8. The first-order valence-corrected chi connectivity index (χ1v) is 8.34. The zero-order chi connectivity index (χ0) is 16.7. The Kier molecular flexibility index (Phi) is 7.15.